The molecule has 1 saturated carbocycles. The summed E-state index contributed by atoms with van der Waals surface area (Å²) in [6.07, 6.45) is 2.44. The van der Waals surface area contributed by atoms with Gasteiger partial charge in [0.25, 0.3) is 0 Å². The third kappa shape index (κ3) is 3.34. The van der Waals surface area contributed by atoms with Crippen LogP contribution in [-0.4, -0.2) is 45.5 Å². The number of aromatic nitrogens is 2. The first kappa shape index (κ1) is 14.9. The molecule has 1 N–H and O–H groups in total. The van der Waals surface area contributed by atoms with E-state index in [9.17, 15) is 10.1 Å². The van der Waals surface area contributed by atoms with Gasteiger partial charge in [-0.1, -0.05) is 0 Å². The molecule has 1 aliphatic rings. The minimum absolute atomic E-state index is 0.0128. The standard InChI is InChI=1S/C12H18ClN5O2/c1-7(17(3)9-4-5-9)6-14-11-10(18(19)20)8(2)15-12(13)16-11/h7,9H,4-6H2,1-3H3,(H,14,15,16). The normalized spacial score (nSPS) is 16.2. The molecular weight excluding hydrogens is 282 g/mol. The molecule has 20 heavy (non-hydrogen) atoms. The van der Waals surface area contributed by atoms with Crippen LogP contribution in [0.4, 0.5) is 11.5 Å². The van der Waals surface area contributed by atoms with E-state index >= 15 is 0 Å². The lowest BCUT2D eigenvalue weighted by molar-refractivity contribution is -0.385. The van der Waals surface area contributed by atoms with E-state index in [1.54, 1.807) is 6.92 Å². The molecular formula is C12H18ClN5O2. The van der Waals surface area contributed by atoms with Gasteiger partial charge in [0.05, 0.1) is 4.92 Å². The summed E-state index contributed by atoms with van der Waals surface area (Å²) in [5.41, 5.74) is 0.149. The maximum Gasteiger partial charge on any atom is 0.332 e. The van der Waals surface area contributed by atoms with Crippen LogP contribution in [0.15, 0.2) is 0 Å². The molecule has 7 nitrogen and oxygen atoms in total. The highest BCUT2D eigenvalue weighted by Crippen LogP contribution is 2.28. The van der Waals surface area contributed by atoms with Gasteiger partial charge in [0.2, 0.25) is 11.1 Å². The molecule has 0 bridgehead atoms. The summed E-state index contributed by atoms with van der Waals surface area (Å²) in [5.74, 6) is 0.184. The minimum Gasteiger partial charge on any atom is -0.363 e. The Labute approximate surface area is 122 Å². The van der Waals surface area contributed by atoms with Crippen LogP contribution >= 0.6 is 11.6 Å². The summed E-state index contributed by atoms with van der Waals surface area (Å²) in [7, 11) is 2.07. The molecule has 0 aliphatic heterocycles. The SMILES string of the molecule is Cc1nc(Cl)nc(NCC(C)N(C)C2CC2)c1[N+](=O)[O-]. The fourth-order valence-corrected chi connectivity index (χ4v) is 2.32. The molecule has 1 heterocycles. The molecule has 1 aromatic rings. The summed E-state index contributed by atoms with van der Waals surface area (Å²) in [5, 5.41) is 14.1. The van der Waals surface area contributed by atoms with Crippen LogP contribution in [-0.2, 0) is 0 Å². The van der Waals surface area contributed by atoms with Gasteiger partial charge >= 0.3 is 5.69 Å². The molecule has 1 fully saturated rings. The predicted octanol–water partition coefficient (Wildman–Crippen LogP) is 2.24. The van der Waals surface area contributed by atoms with Gasteiger partial charge in [-0.15, -0.1) is 0 Å². The molecule has 0 amide bonds. The zero-order chi connectivity index (χ0) is 14.9. The van der Waals surface area contributed by atoms with Crippen molar-refractivity contribution in [2.45, 2.75) is 38.8 Å². The average molecular weight is 300 g/mol. The zero-order valence-corrected chi connectivity index (χ0v) is 12.5. The Hall–Kier alpha value is -1.47. The number of likely N-dealkylation sites (N-methyl/N-ethyl adjacent to an activating group) is 1. The highest BCUT2D eigenvalue weighted by Gasteiger charge is 2.29. The minimum atomic E-state index is -0.483. The molecule has 0 aromatic carbocycles. The van der Waals surface area contributed by atoms with Crippen molar-refractivity contribution >= 4 is 23.1 Å². The zero-order valence-electron chi connectivity index (χ0n) is 11.8. The van der Waals surface area contributed by atoms with E-state index in [2.05, 4.69) is 34.2 Å². The third-order valence-electron chi connectivity index (χ3n) is 3.60. The molecule has 1 aliphatic carbocycles. The largest absolute Gasteiger partial charge is 0.363 e. The van der Waals surface area contributed by atoms with E-state index in [4.69, 9.17) is 11.6 Å². The topological polar surface area (TPSA) is 84.2 Å². The molecule has 1 unspecified atom stereocenters. The van der Waals surface area contributed by atoms with E-state index in [0.29, 0.717) is 12.6 Å². The number of aryl methyl sites for hydroxylation is 1. The van der Waals surface area contributed by atoms with Gasteiger partial charge < -0.3 is 5.32 Å². The highest BCUT2D eigenvalue weighted by atomic mass is 35.5. The van der Waals surface area contributed by atoms with Crippen LogP contribution in [0.3, 0.4) is 0 Å². The van der Waals surface area contributed by atoms with Crippen molar-refractivity contribution in [1.29, 1.82) is 0 Å². The number of anilines is 1. The van der Waals surface area contributed by atoms with E-state index in [-0.39, 0.29) is 28.5 Å². The van der Waals surface area contributed by atoms with Crippen LogP contribution in [0.25, 0.3) is 0 Å². The summed E-state index contributed by atoms with van der Waals surface area (Å²) < 4.78 is 0. The Bertz CT molecular complexity index is 521. The first-order valence-corrected chi connectivity index (χ1v) is 6.92. The second-order valence-corrected chi connectivity index (χ2v) is 5.50. The molecule has 1 aromatic heterocycles. The lowest BCUT2D eigenvalue weighted by Crippen LogP contribution is -2.36. The Balaban J connectivity index is 2.10. The first-order chi connectivity index (χ1) is 9.40. The van der Waals surface area contributed by atoms with E-state index < -0.39 is 4.92 Å². The van der Waals surface area contributed by atoms with E-state index in [1.165, 1.54) is 12.8 Å². The fraction of sp³-hybridized carbons (Fsp3) is 0.667. The maximum atomic E-state index is 11.1. The van der Waals surface area contributed by atoms with Crippen LogP contribution < -0.4 is 5.32 Å². The second kappa shape index (κ2) is 5.88. The monoisotopic (exact) mass is 299 g/mol. The summed E-state index contributed by atoms with van der Waals surface area (Å²) in [4.78, 5) is 20.6. The summed E-state index contributed by atoms with van der Waals surface area (Å²) in [6, 6.07) is 0.897. The van der Waals surface area contributed by atoms with E-state index in [1.807, 2.05) is 0 Å². The van der Waals surface area contributed by atoms with Crippen LogP contribution in [0.2, 0.25) is 5.28 Å². The molecule has 0 saturated heterocycles. The smallest absolute Gasteiger partial charge is 0.332 e. The number of rotatable bonds is 6. The average Bonchev–Trinajstić information content (AvgIpc) is 3.17. The van der Waals surface area contributed by atoms with Crippen molar-refractivity contribution in [3.8, 4) is 0 Å². The first-order valence-electron chi connectivity index (χ1n) is 6.54. The Morgan fingerprint density at radius 1 is 1.55 bits per heavy atom. The lowest BCUT2D eigenvalue weighted by atomic mass is 10.2. The van der Waals surface area contributed by atoms with Crippen molar-refractivity contribution in [1.82, 2.24) is 14.9 Å². The summed E-state index contributed by atoms with van der Waals surface area (Å²) in [6.45, 7) is 4.20. The molecule has 2 rings (SSSR count). The number of nitrogens with zero attached hydrogens (tertiary/aromatic N) is 4. The Morgan fingerprint density at radius 3 is 2.75 bits per heavy atom. The molecule has 0 radical (unpaired) electrons. The van der Waals surface area contributed by atoms with Gasteiger partial charge in [-0.25, -0.2) is 4.98 Å². The number of nitrogens with one attached hydrogen (secondary N) is 1. The van der Waals surface area contributed by atoms with E-state index in [0.717, 1.165) is 0 Å². The molecule has 8 heteroatoms. The van der Waals surface area contributed by atoms with Crippen molar-refractivity contribution in [2.75, 3.05) is 18.9 Å². The maximum absolute atomic E-state index is 11.1. The van der Waals surface area contributed by atoms with Gasteiger partial charge in [0.1, 0.15) is 5.69 Å². The quantitative estimate of drug-likeness (QED) is 0.493. The van der Waals surface area contributed by atoms with Gasteiger partial charge in [0.15, 0.2) is 0 Å². The number of hydrogen-bond acceptors (Lipinski definition) is 6. The number of halogens is 1. The van der Waals surface area contributed by atoms with Gasteiger partial charge in [-0.3, -0.25) is 15.0 Å². The van der Waals surface area contributed by atoms with Crippen LogP contribution in [0.1, 0.15) is 25.5 Å². The van der Waals surface area contributed by atoms with Crippen molar-refractivity contribution in [2.24, 2.45) is 0 Å². The van der Waals surface area contributed by atoms with Crippen molar-refractivity contribution < 1.29 is 4.92 Å². The van der Waals surface area contributed by atoms with Crippen molar-refractivity contribution in [3.63, 3.8) is 0 Å². The van der Waals surface area contributed by atoms with Gasteiger partial charge in [-0.05, 0) is 45.3 Å². The fourth-order valence-electron chi connectivity index (χ4n) is 2.10. The lowest BCUT2D eigenvalue weighted by Gasteiger charge is -2.24. The third-order valence-corrected chi connectivity index (χ3v) is 3.77. The predicted molar refractivity (Wildman–Crippen MR) is 77.2 cm³/mol. The van der Waals surface area contributed by atoms with Crippen LogP contribution in [0, 0.1) is 17.0 Å². The number of nitro groups is 1. The summed E-state index contributed by atoms with van der Waals surface area (Å²) >= 11 is 5.77. The van der Waals surface area contributed by atoms with Crippen LogP contribution in [0.5, 0.6) is 0 Å². The Kier molecular flexibility index (Phi) is 4.39. The van der Waals surface area contributed by atoms with Gasteiger partial charge in [-0.2, -0.15) is 4.98 Å². The van der Waals surface area contributed by atoms with Gasteiger partial charge in [0, 0.05) is 18.6 Å². The second-order valence-electron chi connectivity index (χ2n) is 5.16. The van der Waals surface area contributed by atoms with Crippen molar-refractivity contribution in [3.05, 3.63) is 21.1 Å². The Morgan fingerprint density at radius 2 is 2.20 bits per heavy atom. The molecule has 1 atom stereocenters. The highest BCUT2D eigenvalue weighted by molar-refractivity contribution is 6.28. The molecule has 110 valence electrons. The molecule has 0 spiro atoms. The number of hydrogen-bond donors (Lipinski definition) is 1.